The van der Waals surface area contributed by atoms with E-state index in [1.165, 1.54) is 0 Å². The van der Waals surface area contributed by atoms with Crippen molar-refractivity contribution in [2.45, 2.75) is 6.92 Å². The second kappa shape index (κ2) is 6.22. The van der Waals surface area contributed by atoms with Gasteiger partial charge in [-0.2, -0.15) is 5.10 Å². The molecule has 0 saturated carbocycles. The quantitative estimate of drug-likeness (QED) is 0.575. The lowest BCUT2D eigenvalue weighted by Crippen LogP contribution is -1.93. The number of carbonyl (C=O) groups is 1. The van der Waals surface area contributed by atoms with Crippen molar-refractivity contribution >= 4 is 11.9 Å². The van der Waals surface area contributed by atoms with Crippen molar-refractivity contribution in [2.75, 3.05) is 0 Å². The first-order valence-corrected chi connectivity index (χ1v) is 7.12. The minimum absolute atomic E-state index is 0.0177. The van der Waals surface area contributed by atoms with Gasteiger partial charge in [0.2, 0.25) is 0 Å². The fraction of sp³-hybridized carbons (Fsp3) is 0.0526. The molecule has 2 aromatic carbocycles. The van der Waals surface area contributed by atoms with Gasteiger partial charge in [0.05, 0.1) is 11.4 Å². The highest BCUT2D eigenvalue weighted by atomic mass is 16.1. The van der Waals surface area contributed by atoms with Crippen LogP contribution in [0.15, 0.2) is 66.7 Å². The Balaban J connectivity index is 1.75. The van der Waals surface area contributed by atoms with Gasteiger partial charge in [0.15, 0.2) is 5.78 Å². The molecule has 0 unspecified atom stereocenters. The lowest BCUT2D eigenvalue weighted by molar-refractivity contribution is 0.104. The van der Waals surface area contributed by atoms with Crippen molar-refractivity contribution in [3.05, 3.63) is 83.6 Å². The zero-order valence-electron chi connectivity index (χ0n) is 12.3. The molecule has 0 radical (unpaired) electrons. The summed E-state index contributed by atoms with van der Waals surface area (Å²) in [6, 6.07) is 19.4. The smallest absolute Gasteiger partial charge is 0.185 e. The van der Waals surface area contributed by atoms with Gasteiger partial charge < -0.3 is 0 Å². The van der Waals surface area contributed by atoms with Crippen molar-refractivity contribution in [3.63, 3.8) is 0 Å². The zero-order valence-corrected chi connectivity index (χ0v) is 12.3. The number of nitrogens with zero attached hydrogens (tertiary/aromatic N) is 1. The van der Waals surface area contributed by atoms with Crippen LogP contribution in [0.4, 0.5) is 0 Å². The monoisotopic (exact) mass is 288 g/mol. The minimum atomic E-state index is -0.0177. The van der Waals surface area contributed by atoms with Crippen LogP contribution in [-0.4, -0.2) is 16.0 Å². The summed E-state index contributed by atoms with van der Waals surface area (Å²) in [4.78, 5) is 12.1. The predicted octanol–water partition coefficient (Wildman–Crippen LogP) is 4.28. The third-order valence-electron chi connectivity index (χ3n) is 3.42. The highest BCUT2D eigenvalue weighted by Gasteiger charge is 2.03. The third-order valence-corrected chi connectivity index (χ3v) is 3.42. The molecule has 3 rings (SSSR count). The number of allylic oxidation sites excluding steroid dienone is 1. The van der Waals surface area contributed by atoms with Crippen LogP contribution >= 0.6 is 0 Å². The first kappa shape index (κ1) is 14.0. The van der Waals surface area contributed by atoms with Crippen molar-refractivity contribution < 1.29 is 4.79 Å². The molecule has 0 spiro atoms. The topological polar surface area (TPSA) is 45.8 Å². The molecule has 1 heterocycles. The van der Waals surface area contributed by atoms with Crippen molar-refractivity contribution in [3.8, 4) is 11.3 Å². The van der Waals surface area contributed by atoms with E-state index >= 15 is 0 Å². The zero-order chi connectivity index (χ0) is 15.4. The van der Waals surface area contributed by atoms with Gasteiger partial charge in [0.1, 0.15) is 0 Å². The average Bonchev–Trinajstić information content (AvgIpc) is 3.03. The van der Waals surface area contributed by atoms with Crippen LogP contribution in [0.5, 0.6) is 0 Å². The van der Waals surface area contributed by atoms with Gasteiger partial charge in [-0.15, -0.1) is 0 Å². The highest BCUT2D eigenvalue weighted by Crippen LogP contribution is 2.17. The maximum Gasteiger partial charge on any atom is 0.185 e. The maximum atomic E-state index is 12.1. The fourth-order valence-electron chi connectivity index (χ4n) is 2.16. The van der Waals surface area contributed by atoms with Gasteiger partial charge >= 0.3 is 0 Å². The van der Waals surface area contributed by atoms with Crippen LogP contribution in [0.3, 0.4) is 0 Å². The molecule has 22 heavy (non-hydrogen) atoms. The number of carbonyl (C=O) groups excluding carboxylic acids is 1. The number of hydrogen-bond acceptors (Lipinski definition) is 2. The van der Waals surface area contributed by atoms with E-state index in [1.54, 1.807) is 12.2 Å². The number of hydrogen-bond donors (Lipinski definition) is 1. The normalized spacial score (nSPS) is 11.0. The van der Waals surface area contributed by atoms with Crippen molar-refractivity contribution in [1.82, 2.24) is 10.2 Å². The van der Waals surface area contributed by atoms with E-state index in [4.69, 9.17) is 0 Å². The lowest BCUT2D eigenvalue weighted by atomic mass is 10.1. The van der Waals surface area contributed by atoms with Gasteiger partial charge in [-0.05, 0) is 25.1 Å². The summed E-state index contributed by atoms with van der Waals surface area (Å²) in [6.07, 6.45) is 3.31. The highest BCUT2D eigenvalue weighted by molar-refractivity contribution is 6.06. The SMILES string of the molecule is Cc1ccc(C(=O)/C=C/c2cc(-c3ccccc3)n[nH]2)cc1. The lowest BCUT2D eigenvalue weighted by Gasteiger charge is -1.96. The number of rotatable bonds is 4. The summed E-state index contributed by atoms with van der Waals surface area (Å²) in [6.45, 7) is 2.00. The molecule has 0 aliphatic carbocycles. The Hall–Kier alpha value is -2.94. The Kier molecular flexibility index (Phi) is 3.97. The summed E-state index contributed by atoms with van der Waals surface area (Å²) in [7, 11) is 0. The maximum absolute atomic E-state index is 12.1. The molecular weight excluding hydrogens is 272 g/mol. The van der Waals surface area contributed by atoms with E-state index in [0.717, 1.165) is 22.5 Å². The van der Waals surface area contributed by atoms with E-state index in [2.05, 4.69) is 10.2 Å². The largest absolute Gasteiger partial charge is 0.289 e. The molecule has 3 heteroatoms. The number of H-pyrrole nitrogens is 1. The van der Waals surface area contributed by atoms with Gasteiger partial charge in [-0.25, -0.2) is 0 Å². The molecule has 0 atom stereocenters. The van der Waals surface area contributed by atoms with Crippen LogP contribution in [0.2, 0.25) is 0 Å². The van der Waals surface area contributed by atoms with E-state index in [9.17, 15) is 4.79 Å². The Bertz CT molecular complexity index is 799. The van der Waals surface area contributed by atoms with Gasteiger partial charge in [-0.1, -0.05) is 60.2 Å². The standard InChI is InChI=1S/C19H16N2O/c1-14-7-9-16(10-8-14)19(22)12-11-17-13-18(21-20-17)15-5-3-2-4-6-15/h2-13H,1H3,(H,20,21)/b12-11+. The molecule has 0 fully saturated rings. The van der Waals surface area contributed by atoms with Crippen LogP contribution in [0.1, 0.15) is 21.6 Å². The number of aromatic nitrogens is 2. The second-order valence-corrected chi connectivity index (χ2v) is 5.14. The Labute approximate surface area is 129 Å². The van der Waals surface area contributed by atoms with E-state index in [1.807, 2.05) is 67.6 Å². The number of nitrogens with one attached hydrogen (secondary N) is 1. The van der Waals surface area contributed by atoms with Crippen molar-refractivity contribution in [1.29, 1.82) is 0 Å². The fourth-order valence-corrected chi connectivity index (χ4v) is 2.16. The summed E-state index contributed by atoms with van der Waals surface area (Å²) in [5.41, 5.74) is 4.54. The summed E-state index contributed by atoms with van der Waals surface area (Å²) >= 11 is 0. The average molecular weight is 288 g/mol. The van der Waals surface area contributed by atoms with Crippen LogP contribution in [-0.2, 0) is 0 Å². The number of benzene rings is 2. The molecule has 3 aromatic rings. The van der Waals surface area contributed by atoms with E-state index in [-0.39, 0.29) is 5.78 Å². The molecule has 0 amide bonds. The van der Waals surface area contributed by atoms with Crippen LogP contribution in [0, 0.1) is 6.92 Å². The Morgan fingerprint density at radius 3 is 2.50 bits per heavy atom. The first-order valence-electron chi connectivity index (χ1n) is 7.12. The number of aromatic amines is 1. The second-order valence-electron chi connectivity index (χ2n) is 5.14. The molecule has 0 aliphatic rings. The summed E-state index contributed by atoms with van der Waals surface area (Å²) in [5.74, 6) is -0.0177. The molecule has 108 valence electrons. The molecule has 0 aliphatic heterocycles. The van der Waals surface area contributed by atoms with Gasteiger partial charge in [0, 0.05) is 11.1 Å². The van der Waals surface area contributed by atoms with Crippen LogP contribution < -0.4 is 0 Å². The van der Waals surface area contributed by atoms with E-state index in [0.29, 0.717) is 5.56 Å². The molecule has 0 saturated heterocycles. The molecule has 3 nitrogen and oxygen atoms in total. The summed E-state index contributed by atoms with van der Waals surface area (Å²) in [5, 5.41) is 7.19. The number of ketones is 1. The third kappa shape index (κ3) is 3.20. The molecule has 1 N–H and O–H groups in total. The molecular formula is C19H16N2O. The molecule has 1 aromatic heterocycles. The van der Waals surface area contributed by atoms with Gasteiger partial charge in [-0.3, -0.25) is 9.89 Å². The van der Waals surface area contributed by atoms with Crippen LogP contribution in [0.25, 0.3) is 17.3 Å². The Morgan fingerprint density at radius 1 is 1.05 bits per heavy atom. The number of aryl methyl sites for hydroxylation is 1. The minimum Gasteiger partial charge on any atom is -0.289 e. The molecule has 0 bridgehead atoms. The summed E-state index contributed by atoms with van der Waals surface area (Å²) < 4.78 is 0. The van der Waals surface area contributed by atoms with Gasteiger partial charge in [0.25, 0.3) is 0 Å². The van der Waals surface area contributed by atoms with Crippen molar-refractivity contribution in [2.24, 2.45) is 0 Å². The Morgan fingerprint density at radius 2 is 1.77 bits per heavy atom. The predicted molar refractivity (Wildman–Crippen MR) is 88.6 cm³/mol. The first-order chi connectivity index (χ1) is 10.7. The van der Waals surface area contributed by atoms with E-state index < -0.39 is 0 Å².